The number of benzene rings is 1. The van der Waals surface area contributed by atoms with E-state index in [-0.39, 0.29) is 0 Å². The van der Waals surface area contributed by atoms with Crippen LogP contribution in [0, 0.1) is 0 Å². The van der Waals surface area contributed by atoms with E-state index in [0.29, 0.717) is 19.8 Å². The van der Waals surface area contributed by atoms with Gasteiger partial charge in [0.15, 0.2) is 0 Å². The van der Waals surface area contributed by atoms with Gasteiger partial charge in [0.2, 0.25) is 0 Å². The van der Waals surface area contributed by atoms with Crippen LogP contribution < -0.4 is 20.5 Å². The van der Waals surface area contributed by atoms with E-state index >= 15 is 0 Å². The zero-order chi connectivity index (χ0) is 12.3. The van der Waals surface area contributed by atoms with E-state index in [4.69, 9.17) is 15.2 Å². The van der Waals surface area contributed by atoms with Crippen LogP contribution in [0.5, 0.6) is 11.5 Å². The van der Waals surface area contributed by atoms with Crippen LogP contribution in [0.15, 0.2) is 24.3 Å². The highest BCUT2D eigenvalue weighted by molar-refractivity contribution is 5.32. The third-order valence-electron chi connectivity index (χ3n) is 2.20. The molecule has 0 aliphatic heterocycles. The molecule has 0 bridgehead atoms. The number of hydrogen-bond acceptors (Lipinski definition) is 4. The second-order valence-corrected chi connectivity index (χ2v) is 3.65. The Kier molecular flexibility index (Phi) is 7.18. The summed E-state index contributed by atoms with van der Waals surface area (Å²) in [7, 11) is 0. The Hall–Kier alpha value is -1.26. The Labute approximate surface area is 103 Å². The molecule has 0 unspecified atom stereocenters. The van der Waals surface area contributed by atoms with Crippen molar-refractivity contribution in [2.45, 2.75) is 13.3 Å². The predicted molar refractivity (Wildman–Crippen MR) is 69.6 cm³/mol. The standard InChI is InChI=1S/C13H22N2O2/c1-2-16-12-5-3-6-13(11-12)17-10-4-8-15-9-7-14/h3,5-6,11,15H,2,4,7-10,14H2,1H3. The molecular weight excluding hydrogens is 216 g/mol. The summed E-state index contributed by atoms with van der Waals surface area (Å²) < 4.78 is 11.0. The molecule has 1 aromatic carbocycles. The molecule has 0 aromatic heterocycles. The molecule has 0 amide bonds. The number of rotatable bonds is 9. The molecule has 0 atom stereocenters. The summed E-state index contributed by atoms with van der Waals surface area (Å²) in [6.45, 7) is 5.82. The van der Waals surface area contributed by atoms with Crippen LogP contribution in [0.2, 0.25) is 0 Å². The highest BCUT2D eigenvalue weighted by atomic mass is 16.5. The molecule has 0 saturated carbocycles. The number of ether oxygens (including phenoxy) is 2. The molecule has 1 aromatic rings. The number of nitrogens with one attached hydrogen (secondary N) is 1. The molecule has 3 N–H and O–H groups in total. The van der Waals surface area contributed by atoms with E-state index in [0.717, 1.165) is 31.0 Å². The molecule has 4 nitrogen and oxygen atoms in total. The Morgan fingerprint density at radius 2 is 1.94 bits per heavy atom. The fraction of sp³-hybridized carbons (Fsp3) is 0.538. The summed E-state index contributed by atoms with van der Waals surface area (Å²) >= 11 is 0. The quantitative estimate of drug-likeness (QED) is 0.639. The van der Waals surface area contributed by atoms with E-state index in [9.17, 15) is 0 Å². The second kappa shape index (κ2) is 8.84. The number of hydrogen-bond donors (Lipinski definition) is 2. The van der Waals surface area contributed by atoms with Crippen LogP contribution in [-0.2, 0) is 0 Å². The van der Waals surface area contributed by atoms with Crippen LogP contribution in [0.4, 0.5) is 0 Å². The van der Waals surface area contributed by atoms with Gasteiger partial charge in [0, 0.05) is 19.2 Å². The monoisotopic (exact) mass is 238 g/mol. The third-order valence-corrected chi connectivity index (χ3v) is 2.20. The largest absolute Gasteiger partial charge is 0.494 e. The molecule has 0 heterocycles. The highest BCUT2D eigenvalue weighted by Crippen LogP contribution is 2.19. The Morgan fingerprint density at radius 1 is 1.18 bits per heavy atom. The van der Waals surface area contributed by atoms with E-state index in [1.807, 2.05) is 31.2 Å². The molecule has 0 saturated heterocycles. The van der Waals surface area contributed by atoms with Crippen LogP contribution in [0.1, 0.15) is 13.3 Å². The summed E-state index contributed by atoms with van der Waals surface area (Å²) in [6, 6.07) is 7.72. The molecule has 17 heavy (non-hydrogen) atoms. The molecule has 96 valence electrons. The van der Waals surface area contributed by atoms with Gasteiger partial charge >= 0.3 is 0 Å². The SMILES string of the molecule is CCOc1cccc(OCCCNCCN)c1. The van der Waals surface area contributed by atoms with Crippen LogP contribution in [-0.4, -0.2) is 32.8 Å². The normalized spacial score (nSPS) is 10.2. The Balaban J connectivity index is 2.19. The van der Waals surface area contributed by atoms with Gasteiger partial charge in [-0.25, -0.2) is 0 Å². The first kappa shape index (κ1) is 13.8. The summed E-state index contributed by atoms with van der Waals surface area (Å²) in [4.78, 5) is 0. The lowest BCUT2D eigenvalue weighted by Crippen LogP contribution is -2.24. The van der Waals surface area contributed by atoms with Crippen LogP contribution in [0.25, 0.3) is 0 Å². The molecular formula is C13H22N2O2. The zero-order valence-corrected chi connectivity index (χ0v) is 10.4. The minimum atomic E-state index is 0.673. The Morgan fingerprint density at radius 3 is 2.65 bits per heavy atom. The highest BCUT2D eigenvalue weighted by Gasteiger charge is 1.97. The fourth-order valence-electron chi connectivity index (χ4n) is 1.43. The maximum Gasteiger partial charge on any atom is 0.122 e. The fourth-order valence-corrected chi connectivity index (χ4v) is 1.43. The van der Waals surface area contributed by atoms with Crippen molar-refractivity contribution < 1.29 is 9.47 Å². The van der Waals surface area contributed by atoms with E-state index < -0.39 is 0 Å². The van der Waals surface area contributed by atoms with Crippen molar-refractivity contribution in [2.75, 3.05) is 32.8 Å². The van der Waals surface area contributed by atoms with Crippen LogP contribution in [0.3, 0.4) is 0 Å². The molecule has 4 heteroatoms. The molecule has 0 fully saturated rings. The average Bonchev–Trinajstić information content (AvgIpc) is 2.35. The van der Waals surface area contributed by atoms with E-state index in [2.05, 4.69) is 5.32 Å². The lowest BCUT2D eigenvalue weighted by molar-refractivity contribution is 0.302. The van der Waals surface area contributed by atoms with Crippen molar-refractivity contribution in [1.82, 2.24) is 5.32 Å². The van der Waals surface area contributed by atoms with Gasteiger partial charge in [-0.2, -0.15) is 0 Å². The minimum Gasteiger partial charge on any atom is -0.494 e. The second-order valence-electron chi connectivity index (χ2n) is 3.65. The van der Waals surface area contributed by atoms with Gasteiger partial charge in [-0.3, -0.25) is 0 Å². The Bertz CT molecular complexity index is 305. The van der Waals surface area contributed by atoms with Crippen molar-refractivity contribution in [2.24, 2.45) is 5.73 Å². The zero-order valence-electron chi connectivity index (χ0n) is 10.4. The summed E-state index contributed by atoms with van der Waals surface area (Å²) in [5.41, 5.74) is 5.37. The first-order valence-electron chi connectivity index (χ1n) is 6.13. The van der Waals surface area contributed by atoms with Crippen molar-refractivity contribution in [3.05, 3.63) is 24.3 Å². The van der Waals surface area contributed by atoms with E-state index in [1.165, 1.54) is 0 Å². The average molecular weight is 238 g/mol. The van der Waals surface area contributed by atoms with Gasteiger partial charge in [-0.05, 0) is 32.0 Å². The van der Waals surface area contributed by atoms with Crippen LogP contribution >= 0.6 is 0 Å². The molecule has 0 aliphatic carbocycles. The predicted octanol–water partition coefficient (Wildman–Crippen LogP) is 1.40. The summed E-state index contributed by atoms with van der Waals surface area (Å²) in [6.07, 6.45) is 0.971. The lowest BCUT2D eigenvalue weighted by atomic mass is 10.3. The first-order chi connectivity index (χ1) is 8.36. The molecule has 0 radical (unpaired) electrons. The number of nitrogens with two attached hydrogens (primary N) is 1. The molecule has 0 spiro atoms. The van der Waals surface area contributed by atoms with Gasteiger partial charge in [0.05, 0.1) is 13.2 Å². The minimum absolute atomic E-state index is 0.673. The lowest BCUT2D eigenvalue weighted by Gasteiger charge is -2.08. The van der Waals surface area contributed by atoms with Gasteiger partial charge in [-0.1, -0.05) is 6.07 Å². The maximum atomic E-state index is 5.62. The summed E-state index contributed by atoms with van der Waals surface area (Å²) in [5, 5.41) is 3.22. The van der Waals surface area contributed by atoms with Gasteiger partial charge < -0.3 is 20.5 Å². The first-order valence-corrected chi connectivity index (χ1v) is 6.13. The van der Waals surface area contributed by atoms with Crippen molar-refractivity contribution in [3.63, 3.8) is 0 Å². The van der Waals surface area contributed by atoms with Gasteiger partial charge in [0.1, 0.15) is 11.5 Å². The van der Waals surface area contributed by atoms with E-state index in [1.54, 1.807) is 0 Å². The summed E-state index contributed by atoms with van der Waals surface area (Å²) in [5.74, 6) is 1.71. The van der Waals surface area contributed by atoms with Crippen molar-refractivity contribution >= 4 is 0 Å². The topological polar surface area (TPSA) is 56.5 Å². The third kappa shape index (κ3) is 6.14. The van der Waals surface area contributed by atoms with Crippen molar-refractivity contribution in [3.8, 4) is 11.5 Å². The van der Waals surface area contributed by atoms with Crippen molar-refractivity contribution in [1.29, 1.82) is 0 Å². The molecule has 0 aliphatic rings. The maximum absolute atomic E-state index is 5.62. The molecule has 1 rings (SSSR count). The van der Waals surface area contributed by atoms with Gasteiger partial charge in [-0.15, -0.1) is 0 Å². The van der Waals surface area contributed by atoms with Gasteiger partial charge in [0.25, 0.3) is 0 Å². The smallest absolute Gasteiger partial charge is 0.122 e.